The van der Waals surface area contributed by atoms with E-state index in [-0.39, 0.29) is 0 Å². The van der Waals surface area contributed by atoms with Crippen LogP contribution < -0.4 is 9.47 Å². The lowest BCUT2D eigenvalue weighted by atomic mass is 9.68. The van der Waals surface area contributed by atoms with E-state index in [1.54, 1.807) is 12.1 Å². The molecule has 0 amide bonds. The fourth-order valence-corrected chi connectivity index (χ4v) is 7.87. The van der Waals surface area contributed by atoms with Crippen molar-refractivity contribution in [2.24, 2.45) is 0 Å². The van der Waals surface area contributed by atoms with Gasteiger partial charge in [-0.25, -0.2) is 0 Å². The third kappa shape index (κ3) is 4.91. The number of benzene rings is 8. The van der Waals surface area contributed by atoms with E-state index in [0.29, 0.717) is 11.5 Å². The number of hydrogen-bond acceptors (Lipinski definition) is 4. The van der Waals surface area contributed by atoms with Crippen LogP contribution in [0.5, 0.6) is 34.5 Å². The predicted octanol–water partition coefficient (Wildman–Crippen LogP) is 12.0. The largest absolute Gasteiger partial charge is 0.508 e. The number of fused-ring (bicyclic) bond motifs is 5. The van der Waals surface area contributed by atoms with E-state index in [2.05, 4.69) is 72.8 Å². The van der Waals surface area contributed by atoms with E-state index in [4.69, 9.17) is 9.47 Å². The van der Waals surface area contributed by atoms with Crippen molar-refractivity contribution in [1.82, 2.24) is 0 Å². The van der Waals surface area contributed by atoms with Gasteiger partial charge in [0.15, 0.2) is 0 Å². The lowest BCUT2D eigenvalue weighted by Crippen LogP contribution is -2.28. The molecule has 1 aliphatic carbocycles. The van der Waals surface area contributed by atoms with Gasteiger partial charge >= 0.3 is 0 Å². The molecular formula is C47H34O4. The topological polar surface area (TPSA) is 58.9 Å². The molecule has 0 unspecified atom stereocenters. The highest BCUT2D eigenvalue weighted by molar-refractivity contribution is 5.90. The molecule has 8 aromatic rings. The minimum atomic E-state index is -0.560. The molecule has 0 heterocycles. The van der Waals surface area contributed by atoms with E-state index in [9.17, 15) is 10.2 Å². The van der Waals surface area contributed by atoms with Crippen LogP contribution >= 0.6 is 0 Å². The Hall–Kier alpha value is -6.52. The van der Waals surface area contributed by atoms with Crippen molar-refractivity contribution in [3.8, 4) is 45.6 Å². The average molecular weight is 663 g/mol. The molecule has 4 nitrogen and oxygen atoms in total. The number of rotatable bonds is 6. The molecule has 0 spiro atoms. The highest BCUT2D eigenvalue weighted by Crippen LogP contribution is 2.56. The molecule has 0 radical (unpaired) electrons. The number of hydrogen-bond donors (Lipinski definition) is 2. The Morgan fingerprint density at radius 1 is 0.412 bits per heavy atom. The van der Waals surface area contributed by atoms with Crippen LogP contribution in [0.25, 0.3) is 32.7 Å². The summed E-state index contributed by atoms with van der Waals surface area (Å²) in [5.41, 5.74) is 8.34. The van der Waals surface area contributed by atoms with E-state index < -0.39 is 5.41 Å². The Balaban J connectivity index is 1.10. The van der Waals surface area contributed by atoms with Gasteiger partial charge in [0.2, 0.25) is 0 Å². The summed E-state index contributed by atoms with van der Waals surface area (Å²) in [5.74, 6) is 3.55. The maximum absolute atomic E-state index is 10.1. The summed E-state index contributed by atoms with van der Waals surface area (Å²) in [7, 11) is 0. The summed E-state index contributed by atoms with van der Waals surface area (Å²) in [5, 5.41) is 24.3. The molecule has 246 valence electrons. The SMILES string of the molecule is Cc1c(O)ccc2cc(Oc3ccc(C4(c5ccc(Oc6ccc7c(C)c(O)ccc7c6)cc5)c5ccccc5-c5ccccc54)cc3)ccc12. The molecule has 51 heavy (non-hydrogen) atoms. The van der Waals surface area contributed by atoms with Gasteiger partial charge in [-0.15, -0.1) is 0 Å². The van der Waals surface area contributed by atoms with E-state index in [0.717, 1.165) is 66.8 Å². The molecule has 8 aromatic carbocycles. The van der Waals surface area contributed by atoms with E-state index in [1.165, 1.54) is 22.3 Å². The number of phenolic OH excluding ortho intramolecular Hbond substituents is 2. The predicted molar refractivity (Wildman–Crippen MR) is 205 cm³/mol. The van der Waals surface area contributed by atoms with Gasteiger partial charge in [-0.1, -0.05) is 97.1 Å². The normalized spacial score (nSPS) is 12.8. The van der Waals surface area contributed by atoms with Crippen LogP contribution in [0.2, 0.25) is 0 Å². The highest BCUT2D eigenvalue weighted by Gasteiger charge is 2.45. The Labute approximate surface area is 296 Å². The molecule has 0 aliphatic heterocycles. The second-order valence-corrected chi connectivity index (χ2v) is 13.3. The number of phenols is 2. The maximum Gasteiger partial charge on any atom is 0.128 e. The molecule has 0 atom stereocenters. The second-order valence-electron chi connectivity index (χ2n) is 13.3. The van der Waals surface area contributed by atoms with Crippen LogP contribution in [-0.4, -0.2) is 10.2 Å². The molecule has 4 heteroatoms. The Morgan fingerprint density at radius 2 is 0.804 bits per heavy atom. The van der Waals surface area contributed by atoms with Crippen molar-refractivity contribution in [1.29, 1.82) is 0 Å². The Kier molecular flexibility index (Phi) is 7.08. The van der Waals surface area contributed by atoms with Gasteiger partial charge < -0.3 is 19.7 Å². The van der Waals surface area contributed by atoms with Crippen molar-refractivity contribution in [3.05, 3.63) is 191 Å². The van der Waals surface area contributed by atoms with Gasteiger partial charge in [-0.05, 0) is 141 Å². The summed E-state index contributed by atoms with van der Waals surface area (Å²) in [4.78, 5) is 0. The molecule has 9 rings (SSSR count). The fraction of sp³-hybridized carbons (Fsp3) is 0.0638. The first kappa shape index (κ1) is 30.5. The molecule has 0 aromatic heterocycles. The van der Waals surface area contributed by atoms with Crippen LogP contribution in [0.15, 0.2) is 158 Å². The van der Waals surface area contributed by atoms with Crippen molar-refractivity contribution >= 4 is 21.5 Å². The molecule has 1 aliphatic rings. The van der Waals surface area contributed by atoms with Crippen molar-refractivity contribution < 1.29 is 19.7 Å². The van der Waals surface area contributed by atoms with Gasteiger partial charge in [0, 0.05) is 0 Å². The van der Waals surface area contributed by atoms with Crippen LogP contribution in [-0.2, 0) is 5.41 Å². The third-order valence-corrected chi connectivity index (χ3v) is 10.5. The lowest BCUT2D eigenvalue weighted by Gasteiger charge is -2.34. The standard InChI is InChI=1S/C47H34O4/c1-29-39-23-21-37(27-31(39)11-25-45(29)48)50-35-17-13-33(14-18-35)47(43-9-5-3-7-41(43)42-8-4-6-10-44(42)47)34-15-19-36(20-16-34)51-38-22-24-40-30(2)46(49)26-12-32(40)28-38/h3-28,48-49H,1-2H3. The van der Waals surface area contributed by atoms with Crippen LogP contribution in [0.3, 0.4) is 0 Å². The monoisotopic (exact) mass is 662 g/mol. The third-order valence-electron chi connectivity index (χ3n) is 10.5. The first-order valence-corrected chi connectivity index (χ1v) is 17.1. The van der Waals surface area contributed by atoms with Gasteiger partial charge in [0.05, 0.1) is 5.41 Å². The second kappa shape index (κ2) is 11.8. The zero-order chi connectivity index (χ0) is 34.7. The van der Waals surface area contributed by atoms with Crippen molar-refractivity contribution in [2.45, 2.75) is 19.3 Å². The van der Waals surface area contributed by atoms with Gasteiger partial charge in [-0.2, -0.15) is 0 Å². The minimum absolute atomic E-state index is 0.292. The zero-order valence-electron chi connectivity index (χ0n) is 28.2. The fourth-order valence-electron chi connectivity index (χ4n) is 7.87. The number of aryl methyl sites for hydroxylation is 2. The summed E-state index contributed by atoms with van der Waals surface area (Å²) in [6.45, 7) is 3.84. The first-order valence-electron chi connectivity index (χ1n) is 17.1. The van der Waals surface area contributed by atoms with Crippen LogP contribution in [0.4, 0.5) is 0 Å². The highest BCUT2D eigenvalue weighted by atomic mass is 16.5. The molecule has 0 bridgehead atoms. The summed E-state index contributed by atoms with van der Waals surface area (Å²) in [6.07, 6.45) is 0. The van der Waals surface area contributed by atoms with E-state index >= 15 is 0 Å². The zero-order valence-corrected chi connectivity index (χ0v) is 28.2. The quantitative estimate of drug-likeness (QED) is 0.186. The smallest absolute Gasteiger partial charge is 0.128 e. The summed E-state index contributed by atoms with van der Waals surface area (Å²) >= 11 is 0. The molecule has 0 fully saturated rings. The summed E-state index contributed by atoms with van der Waals surface area (Å²) in [6, 6.07) is 53.5. The Bertz CT molecular complexity index is 2440. The van der Waals surface area contributed by atoms with Crippen molar-refractivity contribution in [2.75, 3.05) is 0 Å². The number of ether oxygens (including phenoxy) is 2. The first-order chi connectivity index (χ1) is 24.9. The molecule has 0 saturated carbocycles. The van der Waals surface area contributed by atoms with Crippen LogP contribution in [0, 0.1) is 13.8 Å². The van der Waals surface area contributed by atoms with Gasteiger partial charge in [0.25, 0.3) is 0 Å². The number of aromatic hydroxyl groups is 2. The average Bonchev–Trinajstić information content (AvgIpc) is 3.46. The maximum atomic E-state index is 10.1. The van der Waals surface area contributed by atoms with Gasteiger partial charge in [0.1, 0.15) is 34.5 Å². The lowest BCUT2D eigenvalue weighted by molar-refractivity contribution is 0.471. The molecular weight excluding hydrogens is 629 g/mol. The van der Waals surface area contributed by atoms with Crippen molar-refractivity contribution in [3.63, 3.8) is 0 Å². The van der Waals surface area contributed by atoms with Crippen LogP contribution in [0.1, 0.15) is 33.4 Å². The van der Waals surface area contributed by atoms with E-state index in [1.807, 2.05) is 86.6 Å². The summed E-state index contributed by atoms with van der Waals surface area (Å²) < 4.78 is 12.7. The van der Waals surface area contributed by atoms with Gasteiger partial charge in [-0.3, -0.25) is 0 Å². The Morgan fingerprint density at radius 3 is 1.24 bits per heavy atom. The minimum Gasteiger partial charge on any atom is -0.508 e. The molecule has 2 N–H and O–H groups in total. The molecule has 0 saturated heterocycles.